The van der Waals surface area contributed by atoms with Crippen LogP contribution in [0.4, 0.5) is 4.39 Å². The molecule has 0 spiro atoms. The third-order valence-electron chi connectivity index (χ3n) is 5.16. The van der Waals surface area contributed by atoms with Gasteiger partial charge in [-0.1, -0.05) is 63.9 Å². The first-order chi connectivity index (χ1) is 15.5. The molecule has 1 atom stereocenters. The summed E-state index contributed by atoms with van der Waals surface area (Å²) in [4.78, 5) is 0. The number of ether oxygens (including phenoxy) is 2. The summed E-state index contributed by atoms with van der Waals surface area (Å²) >= 11 is 9.78. The smallest absolute Gasteiger partial charge is 0.162 e. The molecule has 0 aliphatic heterocycles. The lowest BCUT2D eigenvalue weighted by atomic mass is 10.1. The molecule has 0 heterocycles. The number of hydrogen-bond donors (Lipinski definition) is 1. The molecule has 0 saturated carbocycles. The van der Waals surface area contributed by atoms with E-state index in [0.29, 0.717) is 41.3 Å². The van der Waals surface area contributed by atoms with Gasteiger partial charge in [0.05, 0.1) is 11.6 Å². The first-order valence-electron chi connectivity index (χ1n) is 10.8. The Balaban J connectivity index is 1.62. The van der Waals surface area contributed by atoms with E-state index in [-0.39, 0.29) is 12.4 Å². The lowest BCUT2D eigenvalue weighted by Crippen LogP contribution is -2.26. The Morgan fingerprint density at radius 2 is 1.75 bits per heavy atom. The highest BCUT2D eigenvalue weighted by Gasteiger charge is 2.13. The van der Waals surface area contributed by atoms with E-state index in [4.69, 9.17) is 21.1 Å². The van der Waals surface area contributed by atoms with Crippen molar-refractivity contribution in [1.82, 2.24) is 5.32 Å². The highest BCUT2D eigenvalue weighted by molar-refractivity contribution is 9.10. The highest BCUT2D eigenvalue weighted by atomic mass is 79.9. The normalized spacial score (nSPS) is 11.9. The first kappa shape index (κ1) is 24.6. The number of halogens is 3. The van der Waals surface area contributed by atoms with Crippen molar-refractivity contribution in [2.45, 2.75) is 45.9 Å². The summed E-state index contributed by atoms with van der Waals surface area (Å²) in [5.41, 5.74) is 3.15. The predicted molar refractivity (Wildman–Crippen MR) is 132 cm³/mol. The predicted octanol–water partition coefficient (Wildman–Crippen LogP) is 7.33. The molecule has 3 aromatic rings. The van der Waals surface area contributed by atoms with Crippen LogP contribution >= 0.6 is 27.5 Å². The van der Waals surface area contributed by atoms with Gasteiger partial charge in [-0.3, -0.25) is 0 Å². The first-order valence-corrected chi connectivity index (χ1v) is 11.9. The summed E-state index contributed by atoms with van der Waals surface area (Å²) < 4.78 is 26.0. The lowest BCUT2D eigenvalue weighted by molar-refractivity contribution is 0.268. The highest BCUT2D eigenvalue weighted by Crippen LogP contribution is 2.35. The van der Waals surface area contributed by atoms with E-state index < -0.39 is 0 Å². The molecule has 0 bridgehead atoms. The van der Waals surface area contributed by atoms with Gasteiger partial charge in [-0.2, -0.15) is 0 Å². The monoisotopic (exact) mass is 519 g/mol. The minimum Gasteiger partial charge on any atom is -0.490 e. The SMILES string of the molecule is CCOc1cc(CNC(C)CCc2ccccc2)c(Br)cc1OCc1ccc(F)cc1Cl. The third-order valence-corrected chi connectivity index (χ3v) is 6.25. The topological polar surface area (TPSA) is 30.5 Å². The molecule has 3 rings (SSSR count). The van der Waals surface area contributed by atoms with Crippen molar-refractivity contribution in [1.29, 1.82) is 0 Å². The van der Waals surface area contributed by atoms with E-state index in [1.165, 1.54) is 17.7 Å². The van der Waals surface area contributed by atoms with E-state index in [1.807, 2.05) is 25.1 Å². The average Bonchev–Trinajstić information content (AvgIpc) is 2.78. The standard InChI is InChI=1S/C26H28BrClFNO2/c1-3-31-25-13-21(16-30-18(2)9-10-19-7-5-4-6-8-19)23(27)15-26(25)32-17-20-11-12-22(29)14-24(20)28/h4-8,11-15,18,30H,3,9-10,16-17H2,1-2H3. The summed E-state index contributed by atoms with van der Waals surface area (Å²) in [6.45, 7) is 5.59. The Morgan fingerprint density at radius 1 is 1.00 bits per heavy atom. The van der Waals surface area contributed by atoms with Gasteiger partial charge in [0.2, 0.25) is 0 Å². The average molecular weight is 521 g/mol. The van der Waals surface area contributed by atoms with Gasteiger partial charge in [0, 0.05) is 22.6 Å². The Labute approximate surface area is 203 Å². The molecule has 0 aliphatic rings. The number of aryl methyl sites for hydroxylation is 1. The van der Waals surface area contributed by atoms with Crippen LogP contribution in [0.5, 0.6) is 11.5 Å². The quantitative estimate of drug-likeness (QED) is 0.287. The molecule has 0 radical (unpaired) electrons. The van der Waals surface area contributed by atoms with Crippen molar-refractivity contribution in [3.05, 3.63) is 92.7 Å². The second-order valence-electron chi connectivity index (χ2n) is 7.65. The number of hydrogen-bond acceptors (Lipinski definition) is 3. The minimum atomic E-state index is -0.369. The van der Waals surface area contributed by atoms with Crippen LogP contribution in [-0.4, -0.2) is 12.6 Å². The van der Waals surface area contributed by atoms with Crippen LogP contribution in [0.1, 0.15) is 37.0 Å². The van der Waals surface area contributed by atoms with Gasteiger partial charge >= 0.3 is 0 Å². The number of rotatable bonds is 11. The zero-order valence-electron chi connectivity index (χ0n) is 18.3. The Morgan fingerprint density at radius 3 is 2.47 bits per heavy atom. The van der Waals surface area contributed by atoms with Crippen molar-refractivity contribution < 1.29 is 13.9 Å². The summed E-state index contributed by atoms with van der Waals surface area (Å²) in [6.07, 6.45) is 2.10. The maximum atomic E-state index is 13.3. The van der Waals surface area contributed by atoms with Crippen LogP contribution in [0.15, 0.2) is 65.1 Å². The zero-order valence-corrected chi connectivity index (χ0v) is 20.7. The Kier molecular flexibility index (Phi) is 9.39. The molecule has 3 aromatic carbocycles. The van der Waals surface area contributed by atoms with Gasteiger partial charge in [-0.05, 0) is 62.1 Å². The van der Waals surface area contributed by atoms with E-state index in [1.54, 1.807) is 6.07 Å². The molecular weight excluding hydrogens is 493 g/mol. The van der Waals surface area contributed by atoms with Gasteiger partial charge in [-0.25, -0.2) is 4.39 Å². The summed E-state index contributed by atoms with van der Waals surface area (Å²) in [5, 5.41) is 3.93. The van der Waals surface area contributed by atoms with E-state index in [2.05, 4.69) is 52.4 Å². The molecule has 0 aromatic heterocycles. The van der Waals surface area contributed by atoms with Crippen molar-refractivity contribution in [2.75, 3.05) is 6.61 Å². The lowest BCUT2D eigenvalue weighted by Gasteiger charge is -2.18. The van der Waals surface area contributed by atoms with Crippen LogP contribution in [0.3, 0.4) is 0 Å². The van der Waals surface area contributed by atoms with Gasteiger partial charge in [-0.15, -0.1) is 0 Å². The van der Waals surface area contributed by atoms with Crippen molar-refractivity contribution >= 4 is 27.5 Å². The van der Waals surface area contributed by atoms with Crippen molar-refractivity contribution in [2.24, 2.45) is 0 Å². The molecule has 0 amide bonds. The molecule has 0 saturated heterocycles. The molecule has 0 fully saturated rings. The Bertz CT molecular complexity index is 1020. The van der Waals surface area contributed by atoms with Crippen LogP contribution in [0.2, 0.25) is 5.02 Å². The van der Waals surface area contributed by atoms with Gasteiger partial charge in [0.1, 0.15) is 12.4 Å². The summed E-state index contributed by atoms with van der Waals surface area (Å²) in [6, 6.07) is 19.1. The maximum absolute atomic E-state index is 13.3. The Hall–Kier alpha value is -2.08. The van der Waals surface area contributed by atoms with Gasteiger partial charge in [0.15, 0.2) is 11.5 Å². The van der Waals surface area contributed by atoms with E-state index in [0.717, 1.165) is 22.9 Å². The van der Waals surface area contributed by atoms with Crippen LogP contribution in [0.25, 0.3) is 0 Å². The molecule has 1 unspecified atom stereocenters. The molecule has 0 aliphatic carbocycles. The molecular formula is C26H28BrClFNO2. The fourth-order valence-electron chi connectivity index (χ4n) is 3.30. The number of benzene rings is 3. The van der Waals surface area contributed by atoms with Crippen molar-refractivity contribution in [3.8, 4) is 11.5 Å². The summed E-state index contributed by atoms with van der Waals surface area (Å²) in [7, 11) is 0. The number of nitrogens with one attached hydrogen (secondary N) is 1. The van der Waals surface area contributed by atoms with Crippen LogP contribution in [0, 0.1) is 5.82 Å². The summed E-state index contributed by atoms with van der Waals surface area (Å²) in [5.74, 6) is 0.911. The second kappa shape index (κ2) is 12.2. The van der Waals surface area contributed by atoms with E-state index in [9.17, 15) is 4.39 Å². The maximum Gasteiger partial charge on any atom is 0.162 e. The fourth-order valence-corrected chi connectivity index (χ4v) is 3.99. The van der Waals surface area contributed by atoms with Crippen molar-refractivity contribution in [3.63, 3.8) is 0 Å². The molecule has 3 nitrogen and oxygen atoms in total. The van der Waals surface area contributed by atoms with E-state index >= 15 is 0 Å². The van der Waals surface area contributed by atoms with Gasteiger partial charge in [0.25, 0.3) is 0 Å². The minimum absolute atomic E-state index is 0.222. The van der Waals surface area contributed by atoms with Gasteiger partial charge < -0.3 is 14.8 Å². The fraction of sp³-hybridized carbons (Fsp3) is 0.308. The molecule has 170 valence electrons. The van der Waals surface area contributed by atoms with Crippen LogP contribution < -0.4 is 14.8 Å². The molecule has 32 heavy (non-hydrogen) atoms. The largest absolute Gasteiger partial charge is 0.490 e. The molecule has 6 heteroatoms. The van der Waals surface area contributed by atoms with Crippen LogP contribution in [-0.2, 0) is 19.6 Å². The third kappa shape index (κ3) is 7.22. The zero-order chi connectivity index (χ0) is 22.9. The second-order valence-corrected chi connectivity index (χ2v) is 8.92. The molecule has 1 N–H and O–H groups in total.